The lowest BCUT2D eigenvalue weighted by Gasteiger charge is -2.04. The van der Waals surface area contributed by atoms with Gasteiger partial charge < -0.3 is 5.32 Å². The predicted molar refractivity (Wildman–Crippen MR) is 40.8 cm³/mol. The summed E-state index contributed by atoms with van der Waals surface area (Å²) in [4.78, 5) is 10.4. The zero-order valence-corrected chi connectivity index (χ0v) is 6.26. The number of nitrogens with one attached hydrogen (secondary N) is 1. The SMILES string of the molecule is CC=C(C=O)C1CCNC1. The molecule has 1 fully saturated rings. The molecule has 1 rings (SSSR count). The fourth-order valence-electron chi connectivity index (χ4n) is 1.34. The van der Waals surface area contributed by atoms with Gasteiger partial charge in [0, 0.05) is 12.5 Å². The van der Waals surface area contributed by atoms with Crippen molar-refractivity contribution in [3.05, 3.63) is 11.6 Å². The first kappa shape index (κ1) is 7.48. The zero-order chi connectivity index (χ0) is 7.40. The molecule has 0 aliphatic carbocycles. The Morgan fingerprint density at radius 3 is 2.90 bits per heavy atom. The number of hydrogen-bond donors (Lipinski definition) is 1. The topological polar surface area (TPSA) is 29.1 Å². The summed E-state index contributed by atoms with van der Waals surface area (Å²) in [7, 11) is 0. The highest BCUT2D eigenvalue weighted by atomic mass is 16.1. The van der Waals surface area contributed by atoms with E-state index in [1.807, 2.05) is 13.0 Å². The quantitative estimate of drug-likeness (QED) is 0.451. The maximum atomic E-state index is 10.4. The van der Waals surface area contributed by atoms with Crippen LogP contribution in [0.5, 0.6) is 0 Å². The molecular formula is C8H13NO. The van der Waals surface area contributed by atoms with Gasteiger partial charge in [-0.05, 0) is 25.5 Å². The Morgan fingerprint density at radius 1 is 1.70 bits per heavy atom. The molecule has 1 heterocycles. The van der Waals surface area contributed by atoms with Crippen LogP contribution in [0.25, 0.3) is 0 Å². The second kappa shape index (κ2) is 3.52. The van der Waals surface area contributed by atoms with Gasteiger partial charge in [0.05, 0.1) is 0 Å². The van der Waals surface area contributed by atoms with E-state index in [4.69, 9.17) is 0 Å². The van der Waals surface area contributed by atoms with Crippen LogP contribution in [0, 0.1) is 5.92 Å². The standard InChI is InChI=1S/C8H13NO/c1-2-7(6-10)8-3-4-9-5-8/h2,6,8-9H,3-5H2,1H3. The molecule has 0 amide bonds. The molecule has 1 atom stereocenters. The minimum Gasteiger partial charge on any atom is -0.316 e. The third-order valence-electron chi connectivity index (χ3n) is 2.00. The Kier molecular flexibility index (Phi) is 2.63. The number of hydrogen-bond acceptors (Lipinski definition) is 2. The Labute approximate surface area is 61.3 Å². The molecule has 56 valence electrons. The Balaban J connectivity index is 2.53. The molecule has 1 aliphatic rings. The summed E-state index contributed by atoms with van der Waals surface area (Å²) < 4.78 is 0. The number of carbonyl (C=O) groups is 1. The van der Waals surface area contributed by atoms with Crippen molar-refractivity contribution in [1.82, 2.24) is 5.32 Å². The molecule has 0 radical (unpaired) electrons. The first-order valence-electron chi connectivity index (χ1n) is 3.70. The lowest BCUT2D eigenvalue weighted by atomic mass is 10.00. The summed E-state index contributed by atoms with van der Waals surface area (Å²) >= 11 is 0. The third kappa shape index (κ3) is 1.45. The van der Waals surface area contributed by atoms with Crippen LogP contribution in [0.4, 0.5) is 0 Å². The molecule has 1 saturated heterocycles. The Hall–Kier alpha value is -0.630. The Morgan fingerprint density at radius 2 is 2.50 bits per heavy atom. The van der Waals surface area contributed by atoms with Crippen LogP contribution in [-0.4, -0.2) is 19.4 Å². The summed E-state index contributed by atoms with van der Waals surface area (Å²) in [6.07, 6.45) is 3.99. The van der Waals surface area contributed by atoms with Gasteiger partial charge in [-0.25, -0.2) is 0 Å². The van der Waals surface area contributed by atoms with Crippen LogP contribution >= 0.6 is 0 Å². The van der Waals surface area contributed by atoms with Crippen LogP contribution < -0.4 is 5.32 Å². The molecule has 0 bridgehead atoms. The molecule has 0 aromatic carbocycles. The van der Waals surface area contributed by atoms with Crippen molar-refractivity contribution in [3.63, 3.8) is 0 Å². The van der Waals surface area contributed by atoms with E-state index >= 15 is 0 Å². The molecule has 0 aromatic heterocycles. The minimum absolute atomic E-state index is 0.475. The molecule has 0 spiro atoms. The fraction of sp³-hybridized carbons (Fsp3) is 0.625. The molecule has 2 nitrogen and oxygen atoms in total. The van der Waals surface area contributed by atoms with E-state index in [1.165, 1.54) is 0 Å². The minimum atomic E-state index is 0.475. The van der Waals surface area contributed by atoms with Gasteiger partial charge in [-0.3, -0.25) is 4.79 Å². The lowest BCUT2D eigenvalue weighted by Crippen LogP contribution is -2.11. The highest BCUT2D eigenvalue weighted by Crippen LogP contribution is 2.15. The van der Waals surface area contributed by atoms with Crippen molar-refractivity contribution in [3.8, 4) is 0 Å². The summed E-state index contributed by atoms with van der Waals surface area (Å²) in [6, 6.07) is 0. The normalized spacial score (nSPS) is 26.9. The second-order valence-electron chi connectivity index (χ2n) is 2.60. The van der Waals surface area contributed by atoms with Gasteiger partial charge in [-0.1, -0.05) is 6.08 Å². The molecule has 0 saturated carbocycles. The molecular weight excluding hydrogens is 126 g/mol. The number of aldehydes is 1. The van der Waals surface area contributed by atoms with Crippen molar-refractivity contribution in [2.75, 3.05) is 13.1 Å². The lowest BCUT2D eigenvalue weighted by molar-refractivity contribution is -0.105. The van der Waals surface area contributed by atoms with E-state index < -0.39 is 0 Å². The van der Waals surface area contributed by atoms with Crippen molar-refractivity contribution in [1.29, 1.82) is 0 Å². The van der Waals surface area contributed by atoms with Crippen LogP contribution in [0.3, 0.4) is 0 Å². The van der Waals surface area contributed by atoms with Gasteiger partial charge in [-0.2, -0.15) is 0 Å². The van der Waals surface area contributed by atoms with Gasteiger partial charge in [0.2, 0.25) is 0 Å². The van der Waals surface area contributed by atoms with E-state index in [2.05, 4.69) is 5.32 Å². The van der Waals surface area contributed by atoms with E-state index in [9.17, 15) is 4.79 Å². The van der Waals surface area contributed by atoms with Crippen LogP contribution in [0.2, 0.25) is 0 Å². The summed E-state index contributed by atoms with van der Waals surface area (Å²) in [6.45, 7) is 3.94. The average molecular weight is 139 g/mol. The highest BCUT2D eigenvalue weighted by molar-refractivity contribution is 5.73. The first-order chi connectivity index (χ1) is 4.88. The number of carbonyl (C=O) groups excluding carboxylic acids is 1. The van der Waals surface area contributed by atoms with E-state index in [0.29, 0.717) is 5.92 Å². The molecule has 1 N–H and O–H groups in total. The Bertz CT molecular complexity index is 145. The monoisotopic (exact) mass is 139 g/mol. The van der Waals surface area contributed by atoms with Crippen LogP contribution in [-0.2, 0) is 4.79 Å². The van der Waals surface area contributed by atoms with Gasteiger partial charge in [0.15, 0.2) is 0 Å². The maximum absolute atomic E-state index is 10.4. The van der Waals surface area contributed by atoms with Gasteiger partial charge in [0.1, 0.15) is 6.29 Å². The van der Waals surface area contributed by atoms with E-state index in [1.54, 1.807) is 0 Å². The second-order valence-corrected chi connectivity index (χ2v) is 2.60. The molecule has 0 aromatic rings. The van der Waals surface area contributed by atoms with Crippen molar-refractivity contribution >= 4 is 6.29 Å². The smallest absolute Gasteiger partial charge is 0.146 e. The van der Waals surface area contributed by atoms with E-state index in [-0.39, 0.29) is 0 Å². The molecule has 2 heteroatoms. The molecule has 10 heavy (non-hydrogen) atoms. The van der Waals surface area contributed by atoms with E-state index in [0.717, 1.165) is 31.4 Å². The summed E-state index contributed by atoms with van der Waals surface area (Å²) in [5.74, 6) is 0.475. The van der Waals surface area contributed by atoms with Gasteiger partial charge in [-0.15, -0.1) is 0 Å². The average Bonchev–Trinajstić information content (AvgIpc) is 2.43. The van der Waals surface area contributed by atoms with Gasteiger partial charge in [0.25, 0.3) is 0 Å². The van der Waals surface area contributed by atoms with Gasteiger partial charge >= 0.3 is 0 Å². The summed E-state index contributed by atoms with van der Waals surface area (Å²) in [5.41, 5.74) is 0.949. The van der Waals surface area contributed by atoms with Crippen LogP contribution in [0.15, 0.2) is 11.6 Å². The fourth-order valence-corrected chi connectivity index (χ4v) is 1.34. The molecule has 1 unspecified atom stereocenters. The van der Waals surface area contributed by atoms with Crippen molar-refractivity contribution in [2.45, 2.75) is 13.3 Å². The largest absolute Gasteiger partial charge is 0.316 e. The highest BCUT2D eigenvalue weighted by Gasteiger charge is 2.17. The first-order valence-corrected chi connectivity index (χ1v) is 3.70. The van der Waals surface area contributed by atoms with Crippen molar-refractivity contribution < 1.29 is 4.79 Å². The van der Waals surface area contributed by atoms with Crippen molar-refractivity contribution in [2.24, 2.45) is 5.92 Å². The number of allylic oxidation sites excluding steroid dienone is 1. The zero-order valence-electron chi connectivity index (χ0n) is 6.26. The maximum Gasteiger partial charge on any atom is 0.146 e. The summed E-state index contributed by atoms with van der Waals surface area (Å²) in [5, 5.41) is 3.22. The number of rotatable bonds is 2. The third-order valence-corrected chi connectivity index (χ3v) is 2.00. The molecule has 1 aliphatic heterocycles. The predicted octanol–water partition coefficient (Wildman–Crippen LogP) is 0.741. The van der Waals surface area contributed by atoms with Crippen LogP contribution in [0.1, 0.15) is 13.3 Å².